The van der Waals surface area contributed by atoms with E-state index in [1.165, 1.54) is 50.6 Å². The van der Waals surface area contributed by atoms with Crippen molar-refractivity contribution in [2.45, 2.75) is 13.5 Å². The monoisotopic (exact) mass is 510 g/mol. The molecule has 0 unspecified atom stereocenters. The van der Waals surface area contributed by atoms with Gasteiger partial charge in [0.05, 0.1) is 13.3 Å². The number of carbonyl (C=O) groups excluding carboxylic acids is 2. The fourth-order valence-electron chi connectivity index (χ4n) is 3.02. The average molecular weight is 510 g/mol. The van der Waals surface area contributed by atoms with E-state index in [4.69, 9.17) is 19.9 Å². The number of anilines is 1. The van der Waals surface area contributed by atoms with Gasteiger partial charge in [0.1, 0.15) is 23.9 Å². The number of aromatic nitrogens is 5. The summed E-state index contributed by atoms with van der Waals surface area (Å²) in [5.41, 5.74) is 8.64. The van der Waals surface area contributed by atoms with Crippen molar-refractivity contribution in [3.63, 3.8) is 0 Å². The summed E-state index contributed by atoms with van der Waals surface area (Å²) >= 11 is 0. The predicted octanol–water partition coefficient (Wildman–Crippen LogP) is 1.65. The molecular formula is C22H19FN8O6. The second-order valence-corrected chi connectivity index (χ2v) is 7.22. The Kier molecular flexibility index (Phi) is 7.32. The maximum absolute atomic E-state index is 13.2. The molecule has 0 aliphatic carbocycles. The minimum absolute atomic E-state index is 0.00674. The highest BCUT2D eigenvalue weighted by molar-refractivity contribution is 5.94. The van der Waals surface area contributed by atoms with Crippen molar-refractivity contribution in [3.8, 4) is 23.1 Å². The van der Waals surface area contributed by atoms with Crippen LogP contribution in [0.4, 0.5) is 10.2 Å². The number of halogens is 1. The number of amides is 1. The molecule has 0 spiro atoms. The Morgan fingerprint density at radius 1 is 1.19 bits per heavy atom. The van der Waals surface area contributed by atoms with Crippen LogP contribution in [-0.2, 0) is 11.4 Å². The lowest BCUT2D eigenvalue weighted by atomic mass is 10.2. The Labute approximate surface area is 207 Å². The molecule has 2 aromatic heterocycles. The fraction of sp³-hybridized carbons (Fsp3) is 0.136. The van der Waals surface area contributed by atoms with E-state index in [9.17, 15) is 14.0 Å². The van der Waals surface area contributed by atoms with E-state index >= 15 is 0 Å². The maximum atomic E-state index is 13.2. The Balaban J connectivity index is 1.54. The van der Waals surface area contributed by atoms with E-state index in [-0.39, 0.29) is 35.4 Å². The van der Waals surface area contributed by atoms with Gasteiger partial charge < -0.3 is 19.9 Å². The molecule has 15 heteroatoms. The minimum Gasteiger partial charge on any atom is -0.493 e. The van der Waals surface area contributed by atoms with Crippen LogP contribution in [0.2, 0.25) is 0 Å². The normalized spacial score (nSPS) is 10.9. The highest BCUT2D eigenvalue weighted by atomic mass is 19.1. The summed E-state index contributed by atoms with van der Waals surface area (Å²) in [4.78, 5) is 24.1. The molecule has 14 nitrogen and oxygen atoms in total. The smallest absolute Gasteiger partial charge is 0.308 e. The van der Waals surface area contributed by atoms with Gasteiger partial charge in [-0.15, -0.1) is 5.10 Å². The van der Waals surface area contributed by atoms with Crippen molar-refractivity contribution in [1.29, 1.82) is 0 Å². The lowest BCUT2D eigenvalue weighted by Gasteiger charge is -2.08. The van der Waals surface area contributed by atoms with Gasteiger partial charge in [-0.1, -0.05) is 5.21 Å². The van der Waals surface area contributed by atoms with E-state index in [0.717, 1.165) is 4.68 Å². The zero-order valence-electron chi connectivity index (χ0n) is 19.4. The molecule has 0 saturated carbocycles. The second-order valence-electron chi connectivity index (χ2n) is 7.22. The summed E-state index contributed by atoms with van der Waals surface area (Å²) in [7, 11) is 1.42. The third-order valence-electron chi connectivity index (χ3n) is 4.68. The number of hydrogen-bond donors (Lipinski definition) is 2. The van der Waals surface area contributed by atoms with Crippen LogP contribution in [0.1, 0.15) is 28.7 Å². The lowest BCUT2D eigenvalue weighted by Crippen LogP contribution is -2.21. The number of hydrazone groups is 1. The number of nitrogen functional groups attached to an aromatic ring is 1. The Morgan fingerprint density at radius 3 is 2.65 bits per heavy atom. The Bertz CT molecular complexity index is 1450. The third kappa shape index (κ3) is 5.84. The van der Waals surface area contributed by atoms with Crippen LogP contribution >= 0.6 is 0 Å². The van der Waals surface area contributed by atoms with E-state index < -0.39 is 17.7 Å². The summed E-state index contributed by atoms with van der Waals surface area (Å²) < 4.78 is 34.9. The van der Waals surface area contributed by atoms with Gasteiger partial charge in [0.2, 0.25) is 11.6 Å². The summed E-state index contributed by atoms with van der Waals surface area (Å²) in [5, 5.41) is 18.9. The summed E-state index contributed by atoms with van der Waals surface area (Å²) in [6.07, 6.45) is 1.34. The highest BCUT2D eigenvalue weighted by Gasteiger charge is 2.24. The standard InChI is InChI=1S/C22H19FN8O6/c1-12(32)36-17-8-3-13(9-18(17)34-2)10-25-27-22(33)19-16(11-35-15-6-4-14(23)5-7-15)31(30-26-19)21-20(24)28-37-29-21/h3-10H,11H2,1-2H3,(H2,24,28)(H,27,33)/b25-10-. The first kappa shape index (κ1) is 24.8. The van der Waals surface area contributed by atoms with Crippen molar-refractivity contribution < 1.29 is 32.8 Å². The van der Waals surface area contributed by atoms with Gasteiger partial charge >= 0.3 is 5.97 Å². The number of ether oxygens (including phenoxy) is 3. The van der Waals surface area contributed by atoms with Gasteiger partial charge in [0, 0.05) is 6.92 Å². The van der Waals surface area contributed by atoms with Crippen LogP contribution < -0.4 is 25.4 Å². The largest absolute Gasteiger partial charge is 0.493 e. The molecule has 4 rings (SSSR count). The molecule has 3 N–H and O–H groups in total. The molecule has 2 aromatic carbocycles. The molecule has 0 saturated heterocycles. The van der Waals surface area contributed by atoms with Crippen molar-refractivity contribution >= 4 is 23.9 Å². The molecule has 0 aliphatic heterocycles. The van der Waals surface area contributed by atoms with Crippen LogP contribution in [-0.4, -0.2) is 50.5 Å². The zero-order valence-corrected chi connectivity index (χ0v) is 19.4. The number of rotatable bonds is 9. The SMILES string of the molecule is COc1cc(/C=N\NC(=O)c2nnn(-c3nonc3N)c2COc2ccc(F)cc2)ccc1OC(C)=O. The van der Waals surface area contributed by atoms with Crippen molar-refractivity contribution in [1.82, 2.24) is 30.7 Å². The molecule has 4 aromatic rings. The molecule has 0 aliphatic rings. The van der Waals surface area contributed by atoms with Crippen LogP contribution in [0.15, 0.2) is 52.2 Å². The molecule has 0 radical (unpaired) electrons. The van der Waals surface area contributed by atoms with E-state index in [0.29, 0.717) is 17.1 Å². The van der Waals surface area contributed by atoms with Crippen LogP contribution in [0.5, 0.6) is 17.2 Å². The van der Waals surface area contributed by atoms with Crippen LogP contribution in [0.3, 0.4) is 0 Å². The maximum Gasteiger partial charge on any atom is 0.308 e. The number of carbonyl (C=O) groups is 2. The molecule has 2 heterocycles. The van der Waals surface area contributed by atoms with Gasteiger partial charge in [0.15, 0.2) is 17.2 Å². The minimum atomic E-state index is -0.723. The number of esters is 1. The Morgan fingerprint density at radius 2 is 1.97 bits per heavy atom. The van der Waals surface area contributed by atoms with Crippen LogP contribution in [0, 0.1) is 5.82 Å². The van der Waals surface area contributed by atoms with Gasteiger partial charge in [-0.3, -0.25) is 9.59 Å². The van der Waals surface area contributed by atoms with E-state index in [1.54, 1.807) is 12.1 Å². The first-order chi connectivity index (χ1) is 17.9. The van der Waals surface area contributed by atoms with Gasteiger partial charge in [-0.2, -0.15) is 9.78 Å². The first-order valence-corrected chi connectivity index (χ1v) is 10.5. The summed E-state index contributed by atoms with van der Waals surface area (Å²) in [6.45, 7) is 1.05. The van der Waals surface area contributed by atoms with Crippen molar-refractivity contribution in [2.75, 3.05) is 12.8 Å². The highest BCUT2D eigenvalue weighted by Crippen LogP contribution is 2.27. The van der Waals surface area contributed by atoms with Gasteiger partial charge in [-0.25, -0.2) is 14.4 Å². The average Bonchev–Trinajstić information content (AvgIpc) is 3.49. The Hall–Kier alpha value is -5.34. The first-order valence-electron chi connectivity index (χ1n) is 10.5. The van der Waals surface area contributed by atoms with Crippen LogP contribution in [0.25, 0.3) is 5.82 Å². The molecule has 0 atom stereocenters. The van der Waals surface area contributed by atoms with E-state index in [2.05, 4.69) is 35.8 Å². The quantitative estimate of drug-likeness (QED) is 0.144. The van der Waals surface area contributed by atoms with Crippen molar-refractivity contribution in [2.24, 2.45) is 5.10 Å². The second kappa shape index (κ2) is 10.9. The van der Waals surface area contributed by atoms with Gasteiger partial charge in [-0.05, 0) is 58.3 Å². The molecule has 190 valence electrons. The summed E-state index contributed by atoms with van der Waals surface area (Å²) in [5.74, 6) is -0.890. The number of methoxy groups -OCH3 is 1. The molecule has 1 amide bonds. The number of nitrogens with one attached hydrogen (secondary N) is 1. The number of benzene rings is 2. The van der Waals surface area contributed by atoms with Gasteiger partial charge in [0.25, 0.3) is 5.91 Å². The zero-order chi connectivity index (χ0) is 26.4. The molecule has 37 heavy (non-hydrogen) atoms. The molecular weight excluding hydrogens is 491 g/mol. The number of nitrogens with zero attached hydrogens (tertiary/aromatic N) is 6. The topological polar surface area (TPSA) is 182 Å². The fourth-order valence-corrected chi connectivity index (χ4v) is 3.02. The van der Waals surface area contributed by atoms with Crippen molar-refractivity contribution in [3.05, 3.63) is 65.2 Å². The number of nitrogens with two attached hydrogens (primary N) is 1. The molecule has 0 bridgehead atoms. The lowest BCUT2D eigenvalue weighted by molar-refractivity contribution is -0.132. The predicted molar refractivity (Wildman–Crippen MR) is 124 cm³/mol. The molecule has 0 fully saturated rings. The number of hydrogen-bond acceptors (Lipinski definition) is 12. The third-order valence-corrected chi connectivity index (χ3v) is 4.68. The summed E-state index contributed by atoms with van der Waals surface area (Å²) in [6, 6.07) is 9.97. The van der Waals surface area contributed by atoms with E-state index in [1.807, 2.05) is 0 Å².